The first kappa shape index (κ1) is 32.0. The summed E-state index contributed by atoms with van der Waals surface area (Å²) in [6, 6.07) is 9.75. The van der Waals surface area contributed by atoms with Crippen LogP contribution in [0, 0.1) is 11.3 Å². The van der Waals surface area contributed by atoms with Crippen LogP contribution in [0.25, 0.3) is 10.3 Å². The van der Waals surface area contributed by atoms with Gasteiger partial charge in [-0.1, -0.05) is 44.2 Å². The molecule has 2 fully saturated rings. The number of piperidine rings is 1. The number of nitrogens with zero attached hydrogens (tertiary/aromatic N) is 4. The normalized spacial score (nSPS) is 21.9. The van der Waals surface area contributed by atoms with E-state index in [4.69, 9.17) is 9.97 Å². The molecule has 45 heavy (non-hydrogen) atoms. The molecule has 2 aromatic heterocycles. The number of aromatic nitrogens is 2. The average molecular weight is 633 g/mol. The fraction of sp³-hybridized carbons (Fsp3) is 0.600. The number of hydrogen-bond acceptors (Lipinski definition) is 8. The van der Waals surface area contributed by atoms with Crippen molar-refractivity contribution < 1.29 is 14.7 Å². The van der Waals surface area contributed by atoms with Crippen LogP contribution in [0.15, 0.2) is 30.3 Å². The summed E-state index contributed by atoms with van der Waals surface area (Å²) < 4.78 is 0. The lowest BCUT2D eigenvalue weighted by Gasteiger charge is -2.34. The van der Waals surface area contributed by atoms with Crippen LogP contribution in [0.2, 0.25) is 0 Å². The van der Waals surface area contributed by atoms with E-state index in [1.54, 1.807) is 0 Å². The van der Waals surface area contributed by atoms with Crippen LogP contribution in [-0.4, -0.2) is 88.6 Å². The second-order valence-electron chi connectivity index (χ2n) is 14.3. The topological polar surface area (TPSA) is 111 Å². The summed E-state index contributed by atoms with van der Waals surface area (Å²) in [5.74, 6) is 0.385. The van der Waals surface area contributed by atoms with Crippen molar-refractivity contribution in [3.63, 3.8) is 0 Å². The quantitative estimate of drug-likeness (QED) is 0.333. The molecule has 0 radical (unpaired) electrons. The van der Waals surface area contributed by atoms with Gasteiger partial charge in [-0.25, -0.2) is 9.97 Å². The number of aryl methyl sites for hydroxylation is 1. The fourth-order valence-corrected chi connectivity index (χ4v) is 7.92. The van der Waals surface area contributed by atoms with Crippen molar-refractivity contribution in [1.82, 2.24) is 30.4 Å². The van der Waals surface area contributed by atoms with Gasteiger partial charge in [0.1, 0.15) is 10.3 Å². The smallest absolute Gasteiger partial charge is 0.280 e. The number of hydrogen-bond donors (Lipinski definition) is 3. The Morgan fingerprint density at radius 3 is 2.69 bits per heavy atom. The Kier molecular flexibility index (Phi) is 9.57. The summed E-state index contributed by atoms with van der Waals surface area (Å²) in [4.78, 5) is 41.9. The van der Waals surface area contributed by atoms with Crippen molar-refractivity contribution in [2.45, 2.75) is 83.9 Å². The third kappa shape index (κ3) is 7.40. The van der Waals surface area contributed by atoms with Gasteiger partial charge in [-0.3, -0.25) is 9.59 Å². The Morgan fingerprint density at radius 1 is 1.16 bits per heavy atom. The average Bonchev–Trinajstić information content (AvgIpc) is 3.72. The molecule has 3 aliphatic rings. The SMILES string of the molecule is CN(C(=O)c1cccc([C@@H](CCN2CCC(O)CC2)NC(=O)c2nc3cc4c(nc3s2)CC[C@H](C(C)(C)C)C4)c1)C1CCNC1. The largest absolute Gasteiger partial charge is 0.393 e. The van der Waals surface area contributed by atoms with E-state index in [9.17, 15) is 14.7 Å². The molecule has 3 N–H and O–H groups in total. The number of carbonyl (C=O) groups excluding carboxylic acids is 2. The molecule has 10 heteroatoms. The van der Waals surface area contributed by atoms with Crippen molar-refractivity contribution in [2.24, 2.45) is 11.3 Å². The second-order valence-corrected chi connectivity index (χ2v) is 15.3. The molecule has 0 spiro atoms. The predicted octanol–water partition coefficient (Wildman–Crippen LogP) is 4.59. The highest BCUT2D eigenvalue weighted by atomic mass is 32.1. The molecule has 0 saturated carbocycles. The number of aliphatic hydroxyl groups excluding tert-OH is 1. The molecule has 6 rings (SSSR count). The Morgan fingerprint density at radius 2 is 1.96 bits per heavy atom. The number of carbonyl (C=O) groups is 2. The number of nitrogens with one attached hydrogen (secondary N) is 2. The van der Waals surface area contributed by atoms with Crippen LogP contribution in [0.3, 0.4) is 0 Å². The molecule has 4 heterocycles. The van der Waals surface area contributed by atoms with Crippen LogP contribution in [0.5, 0.6) is 0 Å². The van der Waals surface area contributed by atoms with Gasteiger partial charge in [-0.05, 0) is 92.1 Å². The number of pyridine rings is 1. The zero-order valence-electron chi connectivity index (χ0n) is 27.1. The molecule has 1 aromatic carbocycles. The van der Waals surface area contributed by atoms with Crippen molar-refractivity contribution in [1.29, 1.82) is 0 Å². The summed E-state index contributed by atoms with van der Waals surface area (Å²) in [6.45, 7) is 11.1. The monoisotopic (exact) mass is 632 g/mol. The van der Waals surface area contributed by atoms with Crippen LogP contribution in [0.4, 0.5) is 0 Å². The molecule has 2 saturated heterocycles. The molecule has 2 amide bonds. The van der Waals surface area contributed by atoms with Gasteiger partial charge in [0, 0.05) is 50.5 Å². The van der Waals surface area contributed by atoms with Gasteiger partial charge in [0.25, 0.3) is 11.8 Å². The molecule has 1 aliphatic carbocycles. The molecule has 3 aromatic rings. The first-order valence-corrected chi connectivity index (χ1v) is 17.5. The van der Waals surface area contributed by atoms with Gasteiger partial charge in [-0.2, -0.15) is 0 Å². The van der Waals surface area contributed by atoms with Gasteiger partial charge in [0.05, 0.1) is 12.1 Å². The van der Waals surface area contributed by atoms with Gasteiger partial charge < -0.3 is 25.5 Å². The van der Waals surface area contributed by atoms with E-state index in [2.05, 4.69) is 42.4 Å². The Labute approximate surface area is 270 Å². The van der Waals surface area contributed by atoms with Gasteiger partial charge in [0.15, 0.2) is 5.01 Å². The Bertz CT molecular complexity index is 1520. The van der Waals surface area contributed by atoms with E-state index < -0.39 is 0 Å². The zero-order valence-corrected chi connectivity index (χ0v) is 28.0. The number of amides is 2. The fourth-order valence-electron chi connectivity index (χ4n) is 7.07. The van der Waals surface area contributed by atoms with E-state index >= 15 is 0 Å². The Balaban J connectivity index is 1.22. The molecular weight excluding hydrogens is 584 g/mol. The number of benzene rings is 1. The lowest BCUT2D eigenvalue weighted by Crippen LogP contribution is -2.39. The van der Waals surface area contributed by atoms with Crippen LogP contribution < -0.4 is 10.6 Å². The van der Waals surface area contributed by atoms with Gasteiger partial charge in [-0.15, -0.1) is 0 Å². The van der Waals surface area contributed by atoms with E-state index in [1.807, 2.05) is 36.2 Å². The first-order valence-electron chi connectivity index (χ1n) is 16.6. The minimum Gasteiger partial charge on any atom is -0.393 e. The van der Waals surface area contributed by atoms with Crippen molar-refractivity contribution in [2.75, 3.05) is 39.8 Å². The minimum atomic E-state index is -0.295. The molecule has 0 bridgehead atoms. The van der Waals surface area contributed by atoms with Crippen molar-refractivity contribution in [3.05, 3.63) is 57.7 Å². The first-order chi connectivity index (χ1) is 21.5. The van der Waals surface area contributed by atoms with E-state index in [-0.39, 0.29) is 35.4 Å². The van der Waals surface area contributed by atoms with Gasteiger partial charge >= 0.3 is 0 Å². The predicted molar refractivity (Wildman–Crippen MR) is 179 cm³/mol. The minimum absolute atomic E-state index is 0.00411. The molecule has 1 unspecified atom stereocenters. The second kappa shape index (κ2) is 13.4. The summed E-state index contributed by atoms with van der Waals surface area (Å²) in [5.41, 5.74) is 4.98. The molecule has 2 aliphatic heterocycles. The van der Waals surface area contributed by atoms with E-state index in [0.29, 0.717) is 22.9 Å². The van der Waals surface area contributed by atoms with E-state index in [0.717, 1.165) is 92.9 Å². The lowest BCUT2D eigenvalue weighted by molar-refractivity contribution is 0.0743. The lowest BCUT2D eigenvalue weighted by atomic mass is 9.71. The van der Waals surface area contributed by atoms with Gasteiger partial charge in [0.2, 0.25) is 0 Å². The summed E-state index contributed by atoms with van der Waals surface area (Å²) in [5, 5.41) is 17.0. The van der Waals surface area contributed by atoms with Crippen LogP contribution in [0.1, 0.15) is 95.9 Å². The van der Waals surface area contributed by atoms with Crippen LogP contribution in [-0.2, 0) is 12.8 Å². The number of rotatable bonds is 8. The third-order valence-corrected chi connectivity index (χ3v) is 11.2. The number of aliphatic hydroxyl groups is 1. The molecule has 242 valence electrons. The summed E-state index contributed by atoms with van der Waals surface area (Å²) >= 11 is 1.35. The number of fused-ring (bicyclic) bond motifs is 2. The molecule has 3 atom stereocenters. The number of likely N-dealkylation sites (tertiary alicyclic amines) is 1. The van der Waals surface area contributed by atoms with Crippen LogP contribution >= 0.6 is 11.3 Å². The summed E-state index contributed by atoms with van der Waals surface area (Å²) in [7, 11) is 1.87. The molecule has 9 nitrogen and oxygen atoms in total. The third-order valence-electron chi connectivity index (χ3n) is 10.2. The van der Waals surface area contributed by atoms with E-state index in [1.165, 1.54) is 16.9 Å². The maximum absolute atomic E-state index is 13.8. The summed E-state index contributed by atoms with van der Waals surface area (Å²) in [6.07, 6.45) is 6.03. The van der Waals surface area contributed by atoms with Crippen molar-refractivity contribution >= 4 is 33.5 Å². The molecular formula is C35H48N6O3S. The highest BCUT2D eigenvalue weighted by Crippen LogP contribution is 2.38. The standard InChI is InChI=1S/C35H48N6O3S/c1-35(2,3)25-8-9-28-24(19-25)20-30-32(38-28)45-33(39-30)31(43)37-29(13-17-41-15-11-27(42)12-16-41)22-6-5-7-23(18-22)34(44)40(4)26-10-14-36-21-26/h5-7,18,20,25-27,29,36,42H,8-17,19,21H2,1-4H3,(H,37,43)/t25-,26?,29+/m0/s1. The zero-order chi connectivity index (χ0) is 31.7. The highest BCUT2D eigenvalue weighted by Gasteiger charge is 2.31. The number of thiazole rings is 1. The number of likely N-dealkylation sites (N-methyl/N-ethyl adjacent to an activating group) is 1. The highest BCUT2D eigenvalue weighted by molar-refractivity contribution is 7.19. The maximum atomic E-state index is 13.8. The Hall–Kier alpha value is -2.92. The maximum Gasteiger partial charge on any atom is 0.280 e. The van der Waals surface area contributed by atoms with Crippen molar-refractivity contribution in [3.8, 4) is 0 Å².